The molecule has 34 heavy (non-hydrogen) atoms. The van der Waals surface area contributed by atoms with Crippen LogP contribution in [0.5, 0.6) is 5.75 Å². The first-order valence-corrected chi connectivity index (χ1v) is 11.2. The Balaban J connectivity index is 1.24. The molecule has 4 aromatic rings. The van der Waals surface area contributed by atoms with E-state index in [2.05, 4.69) is 20.4 Å². The van der Waals surface area contributed by atoms with E-state index in [1.54, 1.807) is 23.8 Å². The van der Waals surface area contributed by atoms with Crippen molar-refractivity contribution in [1.29, 1.82) is 0 Å². The summed E-state index contributed by atoms with van der Waals surface area (Å²) in [5.41, 5.74) is 2.32. The van der Waals surface area contributed by atoms with Gasteiger partial charge in [0.1, 0.15) is 17.4 Å². The van der Waals surface area contributed by atoms with Gasteiger partial charge < -0.3 is 15.0 Å². The van der Waals surface area contributed by atoms with Crippen LogP contribution in [0, 0.1) is 11.7 Å². The fourth-order valence-corrected chi connectivity index (χ4v) is 4.22. The molecule has 1 fully saturated rings. The van der Waals surface area contributed by atoms with E-state index in [4.69, 9.17) is 9.84 Å². The number of methoxy groups -OCH3 is 1. The summed E-state index contributed by atoms with van der Waals surface area (Å²) in [6.45, 7) is 1.77. The van der Waals surface area contributed by atoms with Gasteiger partial charge in [-0.15, -0.1) is 15.3 Å². The van der Waals surface area contributed by atoms with Crippen LogP contribution in [0.4, 0.5) is 10.2 Å². The molecule has 0 atom stereocenters. The Bertz CT molecular complexity index is 1300. The van der Waals surface area contributed by atoms with Gasteiger partial charge in [0, 0.05) is 31.1 Å². The molecule has 2 aromatic heterocycles. The topological polar surface area (TPSA) is 84.7 Å². The van der Waals surface area contributed by atoms with Gasteiger partial charge in [-0.3, -0.25) is 4.79 Å². The van der Waals surface area contributed by atoms with E-state index in [-0.39, 0.29) is 17.6 Å². The van der Waals surface area contributed by atoms with Gasteiger partial charge in [0.15, 0.2) is 11.5 Å². The van der Waals surface area contributed by atoms with E-state index < -0.39 is 0 Å². The van der Waals surface area contributed by atoms with Crippen molar-refractivity contribution in [3.63, 3.8) is 0 Å². The number of carbonyl (C=O) groups excluding carboxylic acids is 1. The molecule has 3 heterocycles. The van der Waals surface area contributed by atoms with Gasteiger partial charge in [0.25, 0.3) is 0 Å². The number of halogens is 1. The maximum absolute atomic E-state index is 13.3. The minimum Gasteiger partial charge on any atom is -0.497 e. The number of carbonyl (C=O) groups is 1. The second kappa shape index (κ2) is 9.46. The molecule has 5 rings (SSSR count). The van der Waals surface area contributed by atoms with Crippen molar-refractivity contribution in [2.24, 2.45) is 5.92 Å². The summed E-state index contributed by atoms with van der Waals surface area (Å²) in [7, 11) is 1.63. The highest BCUT2D eigenvalue weighted by Gasteiger charge is 2.26. The van der Waals surface area contributed by atoms with Gasteiger partial charge in [0.05, 0.1) is 7.11 Å². The average molecular weight is 461 g/mol. The third-order valence-corrected chi connectivity index (χ3v) is 6.14. The average Bonchev–Trinajstić information content (AvgIpc) is 3.31. The number of hydrogen-bond acceptors (Lipinski definition) is 6. The second-order valence-corrected chi connectivity index (χ2v) is 8.32. The van der Waals surface area contributed by atoms with E-state index in [9.17, 15) is 9.18 Å². The molecule has 1 aliphatic heterocycles. The van der Waals surface area contributed by atoms with E-state index >= 15 is 0 Å². The zero-order chi connectivity index (χ0) is 23.5. The molecule has 0 radical (unpaired) electrons. The lowest BCUT2D eigenvalue weighted by atomic mass is 9.96. The highest BCUT2D eigenvalue weighted by atomic mass is 19.1. The number of aromatic nitrogens is 4. The lowest BCUT2D eigenvalue weighted by Gasteiger charge is -2.32. The van der Waals surface area contributed by atoms with Gasteiger partial charge >= 0.3 is 0 Å². The Morgan fingerprint density at radius 2 is 1.88 bits per heavy atom. The molecule has 0 saturated carbocycles. The van der Waals surface area contributed by atoms with Crippen molar-refractivity contribution >= 4 is 17.4 Å². The van der Waals surface area contributed by atoms with Crippen LogP contribution in [0.3, 0.4) is 0 Å². The molecule has 1 N–H and O–H groups in total. The van der Waals surface area contributed by atoms with Crippen LogP contribution in [0.1, 0.15) is 18.4 Å². The summed E-state index contributed by atoms with van der Waals surface area (Å²) in [4.78, 5) is 14.8. The monoisotopic (exact) mass is 460 g/mol. The predicted molar refractivity (Wildman–Crippen MR) is 126 cm³/mol. The molecule has 9 heteroatoms. The minimum atomic E-state index is -0.298. The van der Waals surface area contributed by atoms with Crippen LogP contribution in [-0.4, -0.2) is 45.9 Å². The summed E-state index contributed by atoms with van der Waals surface area (Å²) < 4.78 is 20.3. The largest absolute Gasteiger partial charge is 0.497 e. The molecule has 0 aliphatic carbocycles. The maximum atomic E-state index is 13.3. The van der Waals surface area contributed by atoms with E-state index in [1.165, 1.54) is 12.1 Å². The fourth-order valence-electron chi connectivity index (χ4n) is 4.22. The number of amides is 1. The lowest BCUT2D eigenvalue weighted by molar-refractivity contribution is -0.125. The van der Waals surface area contributed by atoms with Crippen molar-refractivity contribution in [3.05, 3.63) is 72.0 Å². The SMILES string of the molecule is COc1ccc(-c2nnc3ccc(N4CCC(C(=O)NCc5cccc(F)c5)CC4)nn23)cc1. The zero-order valence-electron chi connectivity index (χ0n) is 18.8. The Labute approximate surface area is 196 Å². The van der Waals surface area contributed by atoms with Gasteiger partial charge in [-0.1, -0.05) is 12.1 Å². The zero-order valence-corrected chi connectivity index (χ0v) is 18.8. The molecule has 8 nitrogen and oxygen atoms in total. The number of rotatable bonds is 6. The quantitative estimate of drug-likeness (QED) is 0.474. The van der Waals surface area contributed by atoms with E-state index in [0.717, 1.165) is 48.6 Å². The standard InChI is InChI=1S/C25H25FN6O2/c1-34-21-7-5-18(6-8-21)24-29-28-22-9-10-23(30-32(22)24)31-13-11-19(12-14-31)25(33)27-16-17-3-2-4-20(26)15-17/h2-10,15,19H,11-14,16H2,1H3,(H,27,33). The summed E-state index contributed by atoms with van der Waals surface area (Å²) in [6, 6.07) is 17.7. The number of fused-ring (bicyclic) bond motifs is 1. The number of benzene rings is 2. The molecule has 0 spiro atoms. The number of piperidine rings is 1. The smallest absolute Gasteiger partial charge is 0.223 e. The van der Waals surface area contributed by atoms with E-state index in [1.807, 2.05) is 36.4 Å². The molecule has 0 bridgehead atoms. The van der Waals surface area contributed by atoms with Gasteiger partial charge in [-0.05, 0) is 66.9 Å². The normalized spacial score (nSPS) is 14.4. The summed E-state index contributed by atoms with van der Waals surface area (Å²) in [5, 5.41) is 16.3. The van der Waals surface area contributed by atoms with Crippen LogP contribution < -0.4 is 15.0 Å². The minimum absolute atomic E-state index is 0.00734. The number of ether oxygens (including phenoxy) is 1. The highest BCUT2D eigenvalue weighted by molar-refractivity contribution is 5.79. The first-order valence-electron chi connectivity index (χ1n) is 11.2. The Kier molecular flexibility index (Phi) is 6.07. The van der Waals surface area contributed by atoms with Crippen LogP contribution in [0.2, 0.25) is 0 Å². The molecular formula is C25H25FN6O2. The first-order chi connectivity index (χ1) is 16.6. The van der Waals surface area contributed by atoms with Gasteiger partial charge in [-0.25, -0.2) is 4.39 Å². The summed E-state index contributed by atoms with van der Waals surface area (Å²) >= 11 is 0. The van der Waals surface area contributed by atoms with Crippen LogP contribution >= 0.6 is 0 Å². The Morgan fingerprint density at radius 3 is 2.62 bits per heavy atom. The molecule has 0 unspecified atom stereocenters. The Morgan fingerprint density at radius 1 is 1.09 bits per heavy atom. The van der Waals surface area contributed by atoms with Crippen LogP contribution in [-0.2, 0) is 11.3 Å². The third kappa shape index (κ3) is 4.54. The number of hydrogen-bond donors (Lipinski definition) is 1. The highest BCUT2D eigenvalue weighted by Crippen LogP contribution is 2.25. The van der Waals surface area contributed by atoms with Gasteiger partial charge in [0.2, 0.25) is 5.91 Å². The molecule has 174 valence electrons. The number of anilines is 1. The Hall–Kier alpha value is -4.01. The van der Waals surface area contributed by atoms with Crippen molar-refractivity contribution < 1.29 is 13.9 Å². The van der Waals surface area contributed by atoms with Gasteiger partial charge in [-0.2, -0.15) is 4.52 Å². The predicted octanol–water partition coefficient (Wildman–Crippen LogP) is 3.47. The first kappa shape index (κ1) is 21.8. The third-order valence-electron chi connectivity index (χ3n) is 6.14. The van der Waals surface area contributed by atoms with Crippen molar-refractivity contribution in [3.8, 4) is 17.1 Å². The fraction of sp³-hybridized carbons (Fsp3) is 0.280. The molecular weight excluding hydrogens is 435 g/mol. The molecule has 1 saturated heterocycles. The van der Waals surface area contributed by atoms with Crippen LogP contribution in [0.25, 0.3) is 17.0 Å². The van der Waals surface area contributed by atoms with Crippen molar-refractivity contribution in [2.45, 2.75) is 19.4 Å². The van der Waals surface area contributed by atoms with Crippen LogP contribution in [0.15, 0.2) is 60.7 Å². The van der Waals surface area contributed by atoms with E-state index in [0.29, 0.717) is 18.0 Å². The second-order valence-electron chi connectivity index (χ2n) is 8.32. The van der Waals surface area contributed by atoms with Crippen molar-refractivity contribution in [2.75, 3.05) is 25.1 Å². The number of nitrogens with one attached hydrogen (secondary N) is 1. The maximum Gasteiger partial charge on any atom is 0.223 e. The van der Waals surface area contributed by atoms with Crippen molar-refractivity contribution in [1.82, 2.24) is 25.1 Å². The number of nitrogens with zero attached hydrogens (tertiary/aromatic N) is 5. The lowest BCUT2D eigenvalue weighted by Crippen LogP contribution is -2.40. The summed E-state index contributed by atoms with van der Waals surface area (Å²) in [6.07, 6.45) is 1.45. The molecule has 1 aliphatic rings. The molecule has 1 amide bonds. The molecule has 2 aromatic carbocycles. The summed E-state index contributed by atoms with van der Waals surface area (Å²) in [5.74, 6) is 1.89.